The van der Waals surface area contributed by atoms with E-state index in [1.807, 2.05) is 0 Å². The van der Waals surface area contributed by atoms with Gasteiger partial charge in [0.1, 0.15) is 6.61 Å². The minimum absolute atomic E-state index is 0.174. The highest BCUT2D eigenvalue weighted by Gasteiger charge is 2.09. The summed E-state index contributed by atoms with van der Waals surface area (Å²) in [5.74, 6) is 0. The van der Waals surface area contributed by atoms with Gasteiger partial charge in [-0.25, -0.2) is 13.6 Å². The predicted octanol–water partition coefficient (Wildman–Crippen LogP) is 1.53. The third-order valence-corrected chi connectivity index (χ3v) is 2.79. The van der Waals surface area contributed by atoms with Crippen LogP contribution in [0.15, 0.2) is 23.0 Å². The van der Waals surface area contributed by atoms with E-state index in [1.165, 1.54) is 0 Å². The molecule has 1 aromatic carbocycles. The van der Waals surface area contributed by atoms with E-state index >= 15 is 0 Å². The number of alkyl halides is 2. The zero-order valence-corrected chi connectivity index (χ0v) is 10.2. The van der Waals surface area contributed by atoms with Gasteiger partial charge < -0.3 is 20.4 Å². The topological polar surface area (TPSA) is 83.9 Å². The number of imidazole rings is 1. The van der Waals surface area contributed by atoms with E-state index in [9.17, 15) is 13.6 Å². The standard InChI is InChI=1S/C12H15F2N3O2/c13-11(14)6-19-4-3-8(15)7-1-2-9-10(5-7)17-12(18)16-9/h1-2,5,8,11H,3-4,6,15H2,(H2,16,17,18). The van der Waals surface area contributed by atoms with Crippen LogP contribution in [0.3, 0.4) is 0 Å². The molecule has 0 saturated carbocycles. The van der Waals surface area contributed by atoms with Crippen LogP contribution in [0.5, 0.6) is 0 Å². The molecule has 0 bridgehead atoms. The molecule has 1 aromatic heterocycles. The van der Waals surface area contributed by atoms with Crippen LogP contribution in [0.2, 0.25) is 0 Å². The molecule has 0 aliphatic rings. The minimum Gasteiger partial charge on any atom is -0.375 e. The number of hydrogen-bond acceptors (Lipinski definition) is 3. The van der Waals surface area contributed by atoms with Gasteiger partial charge in [0.25, 0.3) is 6.43 Å². The molecule has 1 atom stereocenters. The molecule has 0 fully saturated rings. The maximum Gasteiger partial charge on any atom is 0.323 e. The monoisotopic (exact) mass is 271 g/mol. The highest BCUT2D eigenvalue weighted by Crippen LogP contribution is 2.18. The number of rotatable bonds is 6. The van der Waals surface area contributed by atoms with Crippen LogP contribution in [-0.4, -0.2) is 29.6 Å². The van der Waals surface area contributed by atoms with Gasteiger partial charge in [-0.15, -0.1) is 0 Å². The number of nitrogens with two attached hydrogens (primary N) is 1. The van der Waals surface area contributed by atoms with E-state index in [0.29, 0.717) is 17.5 Å². The molecule has 19 heavy (non-hydrogen) atoms. The lowest BCUT2D eigenvalue weighted by molar-refractivity contribution is 0.0152. The first kappa shape index (κ1) is 13.7. The van der Waals surface area contributed by atoms with Crippen molar-refractivity contribution in [1.29, 1.82) is 0 Å². The smallest absolute Gasteiger partial charge is 0.323 e. The third kappa shape index (κ3) is 3.62. The second-order valence-electron chi connectivity index (χ2n) is 4.25. The summed E-state index contributed by atoms with van der Waals surface area (Å²) in [7, 11) is 0. The molecule has 4 N–H and O–H groups in total. The Labute approximate surface area is 107 Å². The number of aromatic amines is 2. The van der Waals surface area contributed by atoms with Crippen molar-refractivity contribution in [1.82, 2.24) is 9.97 Å². The highest BCUT2D eigenvalue weighted by atomic mass is 19.3. The second-order valence-corrected chi connectivity index (χ2v) is 4.25. The summed E-state index contributed by atoms with van der Waals surface area (Å²) in [5, 5.41) is 0. The first-order chi connectivity index (χ1) is 9.06. The largest absolute Gasteiger partial charge is 0.375 e. The van der Waals surface area contributed by atoms with Crippen molar-refractivity contribution in [2.24, 2.45) is 5.73 Å². The summed E-state index contributed by atoms with van der Waals surface area (Å²) < 4.78 is 28.5. The highest BCUT2D eigenvalue weighted by molar-refractivity contribution is 5.75. The van der Waals surface area contributed by atoms with Gasteiger partial charge in [-0.05, 0) is 24.1 Å². The van der Waals surface area contributed by atoms with Crippen molar-refractivity contribution < 1.29 is 13.5 Å². The first-order valence-electron chi connectivity index (χ1n) is 5.89. The zero-order valence-electron chi connectivity index (χ0n) is 10.2. The van der Waals surface area contributed by atoms with E-state index in [2.05, 4.69) is 9.97 Å². The van der Waals surface area contributed by atoms with Crippen LogP contribution < -0.4 is 11.4 Å². The Hall–Kier alpha value is -1.73. The number of hydrogen-bond donors (Lipinski definition) is 3. The van der Waals surface area contributed by atoms with Crippen molar-refractivity contribution in [2.45, 2.75) is 18.9 Å². The van der Waals surface area contributed by atoms with Gasteiger partial charge in [-0.1, -0.05) is 6.07 Å². The van der Waals surface area contributed by atoms with Crippen LogP contribution in [0, 0.1) is 0 Å². The van der Waals surface area contributed by atoms with Crippen LogP contribution >= 0.6 is 0 Å². The second kappa shape index (κ2) is 5.94. The fraction of sp³-hybridized carbons (Fsp3) is 0.417. The Balaban J connectivity index is 1.96. The van der Waals surface area contributed by atoms with Crippen LogP contribution in [0.25, 0.3) is 11.0 Å². The Morgan fingerprint density at radius 1 is 1.26 bits per heavy atom. The van der Waals surface area contributed by atoms with Crippen LogP contribution in [-0.2, 0) is 4.74 Å². The lowest BCUT2D eigenvalue weighted by Crippen LogP contribution is -2.14. The van der Waals surface area contributed by atoms with E-state index in [1.54, 1.807) is 18.2 Å². The SMILES string of the molecule is NC(CCOCC(F)F)c1ccc2[nH]c(=O)[nH]c2c1. The van der Waals surface area contributed by atoms with E-state index < -0.39 is 13.0 Å². The number of fused-ring (bicyclic) bond motifs is 1. The third-order valence-electron chi connectivity index (χ3n) is 2.79. The maximum atomic E-state index is 11.9. The van der Waals surface area contributed by atoms with Crippen molar-refractivity contribution >= 4 is 11.0 Å². The molecule has 104 valence electrons. The number of benzene rings is 1. The molecule has 0 aliphatic heterocycles. The maximum absolute atomic E-state index is 11.9. The predicted molar refractivity (Wildman–Crippen MR) is 67.3 cm³/mol. The summed E-state index contributed by atoms with van der Waals surface area (Å²) in [6.07, 6.45) is -2.02. The van der Waals surface area contributed by atoms with Gasteiger partial charge in [0.15, 0.2) is 0 Å². The molecule has 2 aromatic rings. The molecule has 2 rings (SSSR count). The van der Waals surface area contributed by atoms with E-state index in [-0.39, 0.29) is 18.3 Å². The van der Waals surface area contributed by atoms with E-state index in [4.69, 9.17) is 10.5 Å². The molecular formula is C12H15F2N3O2. The van der Waals surface area contributed by atoms with Gasteiger partial charge in [0.2, 0.25) is 0 Å². The van der Waals surface area contributed by atoms with Crippen LogP contribution in [0.4, 0.5) is 8.78 Å². The Kier molecular flexibility index (Phi) is 4.28. The number of nitrogens with one attached hydrogen (secondary N) is 2. The molecular weight excluding hydrogens is 256 g/mol. The molecule has 0 aliphatic carbocycles. The zero-order chi connectivity index (χ0) is 13.8. The van der Waals surface area contributed by atoms with Gasteiger partial charge in [-0.2, -0.15) is 0 Å². The Morgan fingerprint density at radius 2 is 2.00 bits per heavy atom. The Bertz CT molecular complexity index is 594. The van der Waals surface area contributed by atoms with Gasteiger partial charge >= 0.3 is 5.69 Å². The van der Waals surface area contributed by atoms with Gasteiger partial charge in [0, 0.05) is 12.6 Å². The first-order valence-corrected chi connectivity index (χ1v) is 5.89. The summed E-state index contributed by atoms with van der Waals surface area (Å²) in [6.45, 7) is -0.399. The average Bonchev–Trinajstić information content (AvgIpc) is 2.73. The van der Waals surface area contributed by atoms with Gasteiger partial charge in [-0.3, -0.25) is 0 Å². The van der Waals surface area contributed by atoms with Crippen molar-refractivity contribution in [3.63, 3.8) is 0 Å². The summed E-state index contributed by atoms with van der Waals surface area (Å²) in [4.78, 5) is 16.4. The van der Waals surface area contributed by atoms with Gasteiger partial charge in [0.05, 0.1) is 11.0 Å². The summed E-state index contributed by atoms with van der Waals surface area (Å²) in [5.41, 5.74) is 7.86. The van der Waals surface area contributed by atoms with E-state index in [0.717, 1.165) is 5.56 Å². The molecule has 0 spiro atoms. The summed E-state index contributed by atoms with van der Waals surface area (Å²) in [6, 6.07) is 5.00. The molecule has 7 heteroatoms. The minimum atomic E-state index is -2.46. The number of halogens is 2. The summed E-state index contributed by atoms with van der Waals surface area (Å²) >= 11 is 0. The molecule has 0 saturated heterocycles. The van der Waals surface area contributed by atoms with Crippen molar-refractivity contribution in [2.75, 3.05) is 13.2 Å². The molecule has 0 amide bonds. The number of H-pyrrole nitrogens is 2. The molecule has 0 radical (unpaired) electrons. The normalized spacial score (nSPS) is 13.3. The fourth-order valence-electron chi connectivity index (χ4n) is 1.83. The number of aromatic nitrogens is 2. The van der Waals surface area contributed by atoms with Crippen molar-refractivity contribution in [3.8, 4) is 0 Å². The van der Waals surface area contributed by atoms with Crippen LogP contribution in [0.1, 0.15) is 18.0 Å². The Morgan fingerprint density at radius 3 is 2.74 bits per heavy atom. The number of ether oxygens (including phenoxy) is 1. The lowest BCUT2D eigenvalue weighted by Gasteiger charge is -2.12. The molecule has 5 nitrogen and oxygen atoms in total. The average molecular weight is 271 g/mol. The lowest BCUT2D eigenvalue weighted by atomic mass is 10.0. The quantitative estimate of drug-likeness (QED) is 0.697. The van der Waals surface area contributed by atoms with Crippen molar-refractivity contribution in [3.05, 3.63) is 34.2 Å². The molecule has 1 heterocycles. The molecule has 1 unspecified atom stereocenters. The fourth-order valence-corrected chi connectivity index (χ4v) is 1.83.